The maximum absolute atomic E-state index is 12.7. The molecular formula is C27H43F3N6O5S2Si. The van der Waals surface area contributed by atoms with E-state index >= 15 is 0 Å². The lowest BCUT2D eigenvalue weighted by Crippen LogP contribution is -2.44. The quantitative estimate of drug-likeness (QED) is 0.0629. The van der Waals surface area contributed by atoms with E-state index in [0.29, 0.717) is 18.7 Å². The number of rotatable bonds is 14. The molecule has 2 aromatic heterocycles. The van der Waals surface area contributed by atoms with Gasteiger partial charge in [0.15, 0.2) is 19.5 Å². The Morgan fingerprint density at radius 2 is 1.95 bits per heavy atom. The number of carbonyl (C=O) groups is 1. The van der Waals surface area contributed by atoms with Crippen LogP contribution in [-0.4, -0.2) is 94.6 Å². The van der Waals surface area contributed by atoms with Crippen molar-refractivity contribution in [1.29, 1.82) is 0 Å². The maximum atomic E-state index is 12.7. The summed E-state index contributed by atoms with van der Waals surface area (Å²) in [6.07, 6.45) is -3.17. The summed E-state index contributed by atoms with van der Waals surface area (Å²) in [6, 6.07) is 0. The number of fused-ring (bicyclic) bond motifs is 1. The SMILES string of the molecule is CN(C)C=Nc1nc2c(ncn2[C@H]2C[C@@H](OCSSC(C)(C)CCC(=O)C(F)(F)F)[C@@H](CO[Si](C)(C)C(C)(C)C)O2)c(=O)[nH]1. The normalized spacial score (nSPS) is 20.2. The first-order valence-electron chi connectivity index (χ1n) is 14.2. The van der Waals surface area contributed by atoms with Gasteiger partial charge in [0.05, 0.1) is 25.4 Å². The van der Waals surface area contributed by atoms with Gasteiger partial charge < -0.3 is 18.8 Å². The summed E-state index contributed by atoms with van der Waals surface area (Å²) in [5.74, 6) is -1.34. The van der Waals surface area contributed by atoms with Crippen molar-refractivity contribution in [3.8, 4) is 0 Å². The molecule has 1 aliphatic heterocycles. The van der Waals surface area contributed by atoms with Crippen molar-refractivity contribution in [2.24, 2.45) is 4.99 Å². The molecule has 3 heterocycles. The summed E-state index contributed by atoms with van der Waals surface area (Å²) in [6.45, 7) is 14.7. The molecule has 0 spiro atoms. The Hall–Kier alpha value is -1.92. The van der Waals surface area contributed by atoms with Crippen LogP contribution in [-0.2, 0) is 18.7 Å². The van der Waals surface area contributed by atoms with Crippen molar-refractivity contribution in [3.63, 3.8) is 0 Å². The zero-order valence-corrected chi connectivity index (χ0v) is 29.3. The second-order valence-corrected chi connectivity index (χ2v) is 20.8. The molecule has 3 atom stereocenters. The third kappa shape index (κ3) is 9.79. The van der Waals surface area contributed by atoms with Crippen LogP contribution in [0.15, 0.2) is 16.1 Å². The Morgan fingerprint density at radius 3 is 2.57 bits per heavy atom. The molecule has 17 heteroatoms. The number of ketones is 1. The zero-order valence-electron chi connectivity index (χ0n) is 26.6. The second-order valence-electron chi connectivity index (χ2n) is 13.1. The van der Waals surface area contributed by atoms with Crippen LogP contribution in [0.4, 0.5) is 19.1 Å². The summed E-state index contributed by atoms with van der Waals surface area (Å²) >= 11 is 0. The third-order valence-corrected chi connectivity index (χ3v) is 15.1. The van der Waals surface area contributed by atoms with Crippen molar-refractivity contribution in [2.75, 3.05) is 26.6 Å². The molecule has 44 heavy (non-hydrogen) atoms. The topological polar surface area (TPSA) is 124 Å². The molecule has 1 fully saturated rings. The number of imidazole rings is 1. The molecule has 0 radical (unpaired) electrons. The summed E-state index contributed by atoms with van der Waals surface area (Å²) in [5, 5.41) is -0.0120. The first-order valence-corrected chi connectivity index (χ1v) is 19.4. The van der Waals surface area contributed by atoms with Crippen LogP contribution >= 0.6 is 21.6 Å². The molecule has 2 aromatic rings. The molecule has 0 amide bonds. The van der Waals surface area contributed by atoms with Gasteiger partial charge in [0.1, 0.15) is 18.3 Å². The van der Waals surface area contributed by atoms with Gasteiger partial charge in [-0.3, -0.25) is 19.1 Å². The number of aromatic amines is 1. The Kier molecular flexibility index (Phi) is 11.8. The smallest absolute Gasteiger partial charge is 0.414 e. The van der Waals surface area contributed by atoms with E-state index in [1.807, 2.05) is 0 Å². The molecular weight excluding hydrogens is 638 g/mol. The highest BCUT2D eigenvalue weighted by Crippen LogP contribution is 2.42. The van der Waals surface area contributed by atoms with Gasteiger partial charge in [0.25, 0.3) is 5.56 Å². The monoisotopic (exact) mass is 680 g/mol. The minimum Gasteiger partial charge on any atom is -0.414 e. The van der Waals surface area contributed by atoms with Gasteiger partial charge in [-0.2, -0.15) is 18.2 Å². The van der Waals surface area contributed by atoms with E-state index in [2.05, 4.69) is 53.8 Å². The van der Waals surface area contributed by atoms with Crippen LogP contribution < -0.4 is 5.56 Å². The number of H-pyrrole nitrogens is 1. The molecule has 3 rings (SSSR count). The summed E-state index contributed by atoms with van der Waals surface area (Å²) < 4.78 is 58.2. The number of nitrogens with one attached hydrogen (secondary N) is 1. The average Bonchev–Trinajstić information content (AvgIpc) is 3.50. The van der Waals surface area contributed by atoms with Gasteiger partial charge in [0.2, 0.25) is 11.7 Å². The van der Waals surface area contributed by atoms with Crippen LogP contribution in [0.25, 0.3) is 11.2 Å². The molecule has 1 aliphatic rings. The Balaban J connectivity index is 1.74. The molecule has 1 N–H and O–H groups in total. The summed E-state index contributed by atoms with van der Waals surface area (Å²) in [5.41, 5.74) is 0.0692. The first kappa shape index (κ1) is 36.5. The number of aromatic nitrogens is 4. The molecule has 0 unspecified atom stereocenters. The summed E-state index contributed by atoms with van der Waals surface area (Å²) in [4.78, 5) is 41.3. The second kappa shape index (κ2) is 14.2. The van der Waals surface area contributed by atoms with E-state index in [0.717, 1.165) is 0 Å². The largest absolute Gasteiger partial charge is 0.449 e. The molecule has 0 saturated carbocycles. The lowest BCUT2D eigenvalue weighted by molar-refractivity contribution is -0.171. The Bertz CT molecular complexity index is 1380. The van der Waals surface area contributed by atoms with Crippen molar-refractivity contribution in [1.82, 2.24) is 24.4 Å². The lowest BCUT2D eigenvalue weighted by atomic mass is 10.0. The van der Waals surface area contributed by atoms with E-state index < -0.39 is 49.3 Å². The highest BCUT2D eigenvalue weighted by Gasteiger charge is 2.43. The number of carbonyl (C=O) groups excluding carboxylic acids is 1. The number of nitrogens with zero attached hydrogens (tertiary/aromatic N) is 5. The van der Waals surface area contributed by atoms with Crippen molar-refractivity contribution in [2.45, 2.75) is 101 Å². The minimum absolute atomic E-state index is 0.0120. The van der Waals surface area contributed by atoms with Crippen molar-refractivity contribution < 1.29 is 31.9 Å². The number of ether oxygens (including phenoxy) is 2. The average molecular weight is 681 g/mol. The minimum atomic E-state index is -4.82. The molecule has 11 nitrogen and oxygen atoms in total. The van der Waals surface area contributed by atoms with Crippen LogP contribution in [0, 0.1) is 0 Å². The van der Waals surface area contributed by atoms with Gasteiger partial charge in [-0.25, -0.2) is 9.98 Å². The number of aliphatic imine (C=N–C) groups is 1. The van der Waals surface area contributed by atoms with Crippen LogP contribution in [0.3, 0.4) is 0 Å². The number of alkyl halides is 3. The van der Waals surface area contributed by atoms with Gasteiger partial charge in [0, 0.05) is 31.7 Å². The lowest BCUT2D eigenvalue weighted by Gasteiger charge is -2.37. The predicted octanol–water partition coefficient (Wildman–Crippen LogP) is 6.06. The number of halogens is 3. The molecule has 248 valence electrons. The first-order chi connectivity index (χ1) is 20.2. The standard InChI is InChI=1S/C27H43F3N6O5S2Si/c1-25(2,3)44(8,9)40-13-18-17(39-16-42-43-26(4,5)11-10-19(37)27(28,29)30)12-20(41-18)36-15-31-21-22(36)33-24(34-23(21)38)32-14-35(6)7/h14-15,17-18,20H,10-13,16H2,1-9H3,(H,33,34,38)/t17-,18-,20-/m1/s1. The van der Waals surface area contributed by atoms with Crippen LogP contribution in [0.1, 0.15) is 60.1 Å². The Morgan fingerprint density at radius 1 is 1.27 bits per heavy atom. The zero-order chi connectivity index (χ0) is 33.1. The maximum Gasteiger partial charge on any atom is 0.449 e. The Labute approximate surface area is 264 Å². The fraction of sp³-hybridized carbons (Fsp3) is 0.741. The molecule has 0 aromatic carbocycles. The molecule has 0 bridgehead atoms. The number of hydrogen-bond donors (Lipinski definition) is 1. The highest BCUT2D eigenvalue weighted by molar-refractivity contribution is 8.77. The fourth-order valence-corrected chi connectivity index (χ4v) is 7.27. The van der Waals surface area contributed by atoms with Crippen LogP contribution in [0.5, 0.6) is 0 Å². The van der Waals surface area contributed by atoms with Gasteiger partial charge in [-0.05, 0) is 38.4 Å². The van der Waals surface area contributed by atoms with E-state index in [1.165, 1.54) is 34.3 Å². The third-order valence-electron chi connectivity index (χ3n) is 7.62. The van der Waals surface area contributed by atoms with Crippen molar-refractivity contribution >= 4 is 59.1 Å². The molecule has 0 aliphatic carbocycles. The van der Waals surface area contributed by atoms with Crippen molar-refractivity contribution in [3.05, 3.63) is 16.7 Å². The van der Waals surface area contributed by atoms with Gasteiger partial charge in [-0.15, -0.1) is 0 Å². The number of hydrogen-bond acceptors (Lipinski definition) is 10. The van der Waals surface area contributed by atoms with E-state index in [4.69, 9.17) is 13.9 Å². The number of Topliss-reactive ketones (excluding diaryl/α,β-unsaturated/α-hetero) is 1. The van der Waals surface area contributed by atoms with E-state index in [1.54, 1.807) is 37.4 Å². The summed E-state index contributed by atoms with van der Waals surface area (Å²) in [7, 11) is 4.23. The van der Waals surface area contributed by atoms with E-state index in [9.17, 15) is 22.8 Å². The van der Waals surface area contributed by atoms with Crippen LogP contribution in [0.2, 0.25) is 18.1 Å². The van der Waals surface area contributed by atoms with Gasteiger partial charge >= 0.3 is 6.18 Å². The molecule has 1 saturated heterocycles. The fourth-order valence-electron chi connectivity index (χ4n) is 3.96. The van der Waals surface area contributed by atoms with E-state index in [-0.39, 0.29) is 35.0 Å². The highest BCUT2D eigenvalue weighted by atomic mass is 33.1. The van der Waals surface area contributed by atoms with Gasteiger partial charge in [-0.1, -0.05) is 42.4 Å². The predicted molar refractivity (Wildman–Crippen MR) is 171 cm³/mol.